The van der Waals surface area contributed by atoms with Crippen molar-refractivity contribution in [2.45, 2.75) is 142 Å². The molecule has 0 aromatic heterocycles. The van der Waals surface area contributed by atoms with Gasteiger partial charge in [-0.15, -0.1) is 24.8 Å². The van der Waals surface area contributed by atoms with Gasteiger partial charge in [-0.05, 0) is 0 Å². The summed E-state index contributed by atoms with van der Waals surface area (Å²) in [6.45, 7) is 4.61. The molecular weight excluding hydrogens is 522 g/mol. The molecular formula is C30H52Cl2Zr. The van der Waals surface area contributed by atoms with Gasteiger partial charge in [-0.2, -0.15) is 0 Å². The summed E-state index contributed by atoms with van der Waals surface area (Å²) in [6, 6.07) is 0. The Hall–Kier alpha value is 0.423. The molecule has 2 aliphatic rings. The van der Waals surface area contributed by atoms with Crippen LogP contribution in [0.4, 0.5) is 0 Å². The van der Waals surface area contributed by atoms with E-state index in [1.54, 1.807) is 11.1 Å². The number of rotatable bonds is 20. The van der Waals surface area contributed by atoms with Gasteiger partial charge < -0.3 is 0 Å². The molecule has 2 aliphatic carbocycles. The second-order valence-electron chi connectivity index (χ2n) is 9.80. The van der Waals surface area contributed by atoms with Crippen LogP contribution in [0.5, 0.6) is 0 Å². The average Bonchev–Trinajstić information content (AvgIpc) is 3.41. The van der Waals surface area contributed by atoms with E-state index in [4.69, 9.17) is 0 Å². The Morgan fingerprint density at radius 1 is 0.515 bits per heavy atom. The molecule has 0 amide bonds. The fraction of sp³-hybridized carbons (Fsp3) is 0.733. The number of allylic oxidation sites excluding steroid dienone is 8. The summed E-state index contributed by atoms with van der Waals surface area (Å²) in [4.78, 5) is 0. The first kappa shape index (κ1) is 33.4. The summed E-state index contributed by atoms with van der Waals surface area (Å²) in [5, 5.41) is 0. The van der Waals surface area contributed by atoms with E-state index in [0.717, 1.165) is 0 Å². The van der Waals surface area contributed by atoms with Crippen molar-refractivity contribution in [2.24, 2.45) is 0 Å². The average molecular weight is 575 g/mol. The second kappa shape index (κ2) is 22.9. The Balaban J connectivity index is 0.00000512. The molecule has 2 rings (SSSR count). The smallest absolute Gasteiger partial charge is 0.147 e. The summed E-state index contributed by atoms with van der Waals surface area (Å²) in [7, 11) is 0. The summed E-state index contributed by atoms with van der Waals surface area (Å²) in [5.41, 5.74) is 3.51. The van der Waals surface area contributed by atoms with Gasteiger partial charge in [0.15, 0.2) is 0 Å². The first-order valence-electron chi connectivity index (χ1n) is 13.9. The first-order chi connectivity index (χ1) is 15.3. The van der Waals surface area contributed by atoms with Crippen LogP contribution in [0.1, 0.15) is 142 Å². The number of hydrogen-bond donors (Lipinski definition) is 0. The van der Waals surface area contributed by atoms with Crippen LogP contribution in [0.3, 0.4) is 0 Å². The SMILES string of the molecule is CCCCCCCCCCC1=[C]([Zr][C]2=C(CCCCCCCCCC)C=CC2)CC=C1.Cl.Cl. The molecule has 0 heterocycles. The normalized spacial score (nSPS) is 14.7. The molecule has 190 valence electrons. The molecule has 0 N–H and O–H groups in total. The van der Waals surface area contributed by atoms with Crippen LogP contribution in [0, 0.1) is 0 Å². The fourth-order valence-electron chi connectivity index (χ4n) is 4.91. The standard InChI is InChI=1S/2C15H25.2ClH.Zr/c2*1-2-3-4-5-6-7-8-9-12-15-13-10-11-14-15;;;/h2*10,13H,2-9,11-12H2,1H3;2*1H;. The van der Waals surface area contributed by atoms with E-state index in [1.165, 1.54) is 128 Å². The van der Waals surface area contributed by atoms with Crippen LogP contribution in [-0.2, 0) is 23.2 Å². The Kier molecular flexibility index (Phi) is 23.2. The zero-order chi connectivity index (χ0) is 22.0. The maximum Gasteiger partial charge on any atom is -0.147 e. The van der Waals surface area contributed by atoms with Crippen molar-refractivity contribution in [1.29, 1.82) is 0 Å². The maximum atomic E-state index is 2.48. The van der Waals surface area contributed by atoms with E-state index in [1.807, 2.05) is 6.56 Å². The largest absolute Gasteiger partial charge is 0.147 e. The second-order valence-corrected chi connectivity index (χ2v) is 13.4. The van der Waals surface area contributed by atoms with Crippen LogP contribution in [-0.4, -0.2) is 0 Å². The van der Waals surface area contributed by atoms with Crippen LogP contribution >= 0.6 is 24.8 Å². The molecule has 0 aromatic rings. The Morgan fingerprint density at radius 3 is 1.21 bits per heavy atom. The first-order valence-corrected chi connectivity index (χ1v) is 16.3. The van der Waals surface area contributed by atoms with Crippen LogP contribution in [0.25, 0.3) is 0 Å². The molecule has 0 spiro atoms. The quantitative estimate of drug-likeness (QED) is 0.127. The predicted molar refractivity (Wildman–Crippen MR) is 151 cm³/mol. The minimum Gasteiger partial charge on any atom is -0.147 e. The molecule has 0 fully saturated rings. The molecule has 3 heteroatoms. The molecule has 0 nitrogen and oxygen atoms in total. The van der Waals surface area contributed by atoms with Crippen molar-refractivity contribution in [2.75, 3.05) is 0 Å². The third kappa shape index (κ3) is 15.2. The van der Waals surface area contributed by atoms with Crippen molar-refractivity contribution in [3.05, 3.63) is 42.0 Å². The summed E-state index contributed by atoms with van der Waals surface area (Å²) in [5.74, 6) is 0. The molecule has 0 bridgehead atoms. The van der Waals surface area contributed by atoms with Crippen molar-refractivity contribution < 1.29 is 23.2 Å². The minimum absolute atomic E-state index is 0. The van der Waals surface area contributed by atoms with Gasteiger partial charge in [0.05, 0.1) is 0 Å². The molecule has 33 heavy (non-hydrogen) atoms. The van der Waals surface area contributed by atoms with E-state index in [-0.39, 0.29) is 24.8 Å². The Morgan fingerprint density at radius 2 is 0.848 bits per heavy atom. The van der Waals surface area contributed by atoms with Gasteiger partial charge in [0, 0.05) is 0 Å². The Bertz CT molecular complexity index is 548. The predicted octanol–water partition coefficient (Wildman–Crippen LogP) is 11.4. The minimum atomic E-state index is -0.529. The molecule has 0 saturated heterocycles. The van der Waals surface area contributed by atoms with Gasteiger partial charge in [-0.3, -0.25) is 0 Å². The molecule has 0 aliphatic heterocycles. The van der Waals surface area contributed by atoms with Crippen molar-refractivity contribution >= 4 is 24.8 Å². The van der Waals surface area contributed by atoms with Crippen LogP contribution in [0.15, 0.2) is 42.0 Å². The topological polar surface area (TPSA) is 0 Å². The summed E-state index contributed by atoms with van der Waals surface area (Å²) < 4.78 is 3.80. The van der Waals surface area contributed by atoms with Gasteiger partial charge in [0.1, 0.15) is 0 Å². The van der Waals surface area contributed by atoms with Crippen molar-refractivity contribution in [1.82, 2.24) is 0 Å². The van der Waals surface area contributed by atoms with Crippen LogP contribution in [0.2, 0.25) is 0 Å². The molecule has 0 radical (unpaired) electrons. The van der Waals surface area contributed by atoms with E-state index in [2.05, 4.69) is 38.2 Å². The zero-order valence-corrected chi connectivity index (χ0v) is 25.9. The monoisotopic (exact) mass is 572 g/mol. The van der Waals surface area contributed by atoms with Gasteiger partial charge in [-0.25, -0.2) is 0 Å². The van der Waals surface area contributed by atoms with Crippen molar-refractivity contribution in [3.8, 4) is 0 Å². The molecule has 0 saturated carbocycles. The third-order valence-corrected chi connectivity index (χ3v) is 11.0. The molecule has 0 aromatic carbocycles. The zero-order valence-electron chi connectivity index (χ0n) is 21.8. The Labute approximate surface area is 231 Å². The van der Waals surface area contributed by atoms with Crippen LogP contribution < -0.4 is 0 Å². The van der Waals surface area contributed by atoms with E-state index in [9.17, 15) is 0 Å². The fourth-order valence-corrected chi connectivity index (χ4v) is 8.70. The number of halogens is 2. The van der Waals surface area contributed by atoms with Gasteiger partial charge >= 0.3 is 208 Å². The number of unbranched alkanes of at least 4 members (excludes halogenated alkanes) is 14. The van der Waals surface area contributed by atoms with Gasteiger partial charge in [0.2, 0.25) is 0 Å². The molecule has 0 atom stereocenters. The van der Waals surface area contributed by atoms with Gasteiger partial charge in [-0.1, -0.05) is 0 Å². The van der Waals surface area contributed by atoms with Crippen molar-refractivity contribution in [3.63, 3.8) is 0 Å². The maximum absolute atomic E-state index is 2.48. The van der Waals surface area contributed by atoms with E-state index < -0.39 is 23.2 Å². The van der Waals surface area contributed by atoms with Gasteiger partial charge in [0.25, 0.3) is 0 Å². The van der Waals surface area contributed by atoms with E-state index >= 15 is 0 Å². The molecule has 0 unspecified atom stereocenters. The van der Waals surface area contributed by atoms with E-state index in [0.29, 0.717) is 0 Å². The summed E-state index contributed by atoms with van der Waals surface area (Å²) >= 11 is -0.529. The summed E-state index contributed by atoms with van der Waals surface area (Å²) in [6.07, 6.45) is 38.1. The third-order valence-electron chi connectivity index (χ3n) is 6.96. The number of hydrogen-bond acceptors (Lipinski definition) is 0.